The topological polar surface area (TPSA) is 54.3 Å². The molecule has 0 bridgehead atoms. The summed E-state index contributed by atoms with van der Waals surface area (Å²) in [5.74, 6) is 1.51. The van der Waals surface area contributed by atoms with Gasteiger partial charge in [0.05, 0.1) is 18.8 Å². The lowest BCUT2D eigenvalue weighted by atomic mass is 10.2. The highest BCUT2D eigenvalue weighted by Crippen LogP contribution is 2.22. The lowest BCUT2D eigenvalue weighted by Crippen LogP contribution is -2.43. The highest BCUT2D eigenvalue weighted by atomic mass is 32.2. The van der Waals surface area contributed by atoms with Gasteiger partial charge in [-0.15, -0.1) is 10.2 Å². The Kier molecular flexibility index (Phi) is 7.72. The Morgan fingerprint density at radius 3 is 2.31 bits per heavy atom. The van der Waals surface area contributed by atoms with Gasteiger partial charge in [-0.3, -0.25) is 9.69 Å². The number of hydrogen-bond donors (Lipinski definition) is 0. The van der Waals surface area contributed by atoms with Crippen molar-refractivity contribution in [3.63, 3.8) is 0 Å². The number of benzene rings is 1. The summed E-state index contributed by atoms with van der Waals surface area (Å²) in [6.07, 6.45) is 2.51. The summed E-state index contributed by atoms with van der Waals surface area (Å²) in [7, 11) is 0. The standard InChI is InChI=1S/C22H33N5OS/c1-17(2)27(18(3)4)21(28)16-29-22-24-23-20(15-25-12-8-9-13-25)26(22)14-19-10-6-5-7-11-19/h5-7,10-11,17-18H,8-9,12-16H2,1-4H3. The number of rotatable bonds is 9. The largest absolute Gasteiger partial charge is 0.337 e. The molecule has 0 saturated carbocycles. The molecule has 0 aliphatic carbocycles. The molecule has 0 atom stereocenters. The van der Waals surface area contributed by atoms with E-state index in [0.29, 0.717) is 5.75 Å². The summed E-state index contributed by atoms with van der Waals surface area (Å²) in [5, 5.41) is 9.77. The Morgan fingerprint density at radius 1 is 1.03 bits per heavy atom. The maximum Gasteiger partial charge on any atom is 0.233 e. The first-order chi connectivity index (χ1) is 14.0. The van der Waals surface area contributed by atoms with Gasteiger partial charge in [-0.2, -0.15) is 0 Å². The van der Waals surface area contributed by atoms with Crippen LogP contribution in [0.3, 0.4) is 0 Å². The fraction of sp³-hybridized carbons (Fsp3) is 0.591. The first kappa shape index (κ1) is 21.8. The Morgan fingerprint density at radius 2 is 1.69 bits per heavy atom. The second-order valence-electron chi connectivity index (χ2n) is 8.23. The molecule has 158 valence electrons. The molecular formula is C22H33N5OS. The minimum atomic E-state index is 0.148. The molecule has 6 nitrogen and oxygen atoms in total. The van der Waals surface area contributed by atoms with Crippen molar-refractivity contribution < 1.29 is 4.79 Å². The number of likely N-dealkylation sites (tertiary alicyclic amines) is 1. The fourth-order valence-corrected chi connectivity index (χ4v) is 4.81. The average molecular weight is 416 g/mol. The maximum atomic E-state index is 12.8. The van der Waals surface area contributed by atoms with Crippen molar-refractivity contribution in [1.29, 1.82) is 0 Å². The van der Waals surface area contributed by atoms with E-state index in [4.69, 9.17) is 0 Å². The Hall–Kier alpha value is -1.86. The zero-order valence-electron chi connectivity index (χ0n) is 18.0. The van der Waals surface area contributed by atoms with Crippen LogP contribution in [-0.4, -0.2) is 61.4 Å². The molecule has 1 amide bonds. The van der Waals surface area contributed by atoms with Gasteiger partial charge < -0.3 is 9.47 Å². The maximum absolute atomic E-state index is 12.8. The van der Waals surface area contributed by atoms with Gasteiger partial charge in [-0.25, -0.2) is 0 Å². The van der Waals surface area contributed by atoms with Gasteiger partial charge in [0.2, 0.25) is 5.91 Å². The van der Waals surface area contributed by atoms with Crippen molar-refractivity contribution in [1.82, 2.24) is 24.6 Å². The molecule has 29 heavy (non-hydrogen) atoms. The number of thioether (sulfide) groups is 1. The molecule has 0 N–H and O–H groups in total. The van der Waals surface area contributed by atoms with Crippen LogP contribution in [0.2, 0.25) is 0 Å². The van der Waals surface area contributed by atoms with E-state index in [1.807, 2.05) is 11.0 Å². The van der Waals surface area contributed by atoms with Gasteiger partial charge in [0.15, 0.2) is 5.16 Å². The summed E-state index contributed by atoms with van der Waals surface area (Å²) < 4.78 is 2.18. The molecule has 3 rings (SSSR count). The van der Waals surface area contributed by atoms with Crippen LogP contribution in [0, 0.1) is 0 Å². The minimum Gasteiger partial charge on any atom is -0.337 e. The van der Waals surface area contributed by atoms with Gasteiger partial charge in [-0.1, -0.05) is 42.1 Å². The first-order valence-electron chi connectivity index (χ1n) is 10.6. The van der Waals surface area contributed by atoms with Crippen molar-refractivity contribution in [2.75, 3.05) is 18.8 Å². The summed E-state index contributed by atoms with van der Waals surface area (Å²) >= 11 is 1.50. The molecule has 7 heteroatoms. The second-order valence-corrected chi connectivity index (χ2v) is 9.17. The SMILES string of the molecule is CC(C)N(C(=O)CSc1nnc(CN2CCCC2)n1Cc1ccccc1)C(C)C. The number of carbonyl (C=O) groups excluding carboxylic acids is 1. The van der Waals surface area contributed by atoms with Crippen molar-refractivity contribution >= 4 is 17.7 Å². The van der Waals surface area contributed by atoms with Crippen LogP contribution in [0.15, 0.2) is 35.5 Å². The van der Waals surface area contributed by atoms with Gasteiger partial charge in [0.1, 0.15) is 5.82 Å². The van der Waals surface area contributed by atoms with Crippen LogP contribution in [0.4, 0.5) is 0 Å². The molecular weight excluding hydrogens is 382 g/mol. The molecule has 2 aromatic rings. The smallest absolute Gasteiger partial charge is 0.233 e. The molecule has 1 saturated heterocycles. The molecule has 0 unspecified atom stereocenters. The van der Waals surface area contributed by atoms with Crippen LogP contribution >= 0.6 is 11.8 Å². The quantitative estimate of drug-likeness (QED) is 0.585. The molecule has 2 heterocycles. The average Bonchev–Trinajstić information content (AvgIpc) is 3.31. The predicted octanol–water partition coefficient (Wildman–Crippen LogP) is 3.66. The number of aromatic nitrogens is 3. The summed E-state index contributed by atoms with van der Waals surface area (Å²) in [6.45, 7) is 12.0. The summed E-state index contributed by atoms with van der Waals surface area (Å²) in [6, 6.07) is 10.8. The van der Waals surface area contributed by atoms with E-state index in [9.17, 15) is 4.79 Å². The zero-order chi connectivity index (χ0) is 20.8. The molecule has 0 radical (unpaired) electrons. The van der Waals surface area contributed by atoms with E-state index >= 15 is 0 Å². The fourth-order valence-electron chi connectivity index (χ4n) is 3.98. The van der Waals surface area contributed by atoms with Crippen molar-refractivity contribution in [3.8, 4) is 0 Å². The van der Waals surface area contributed by atoms with Crippen LogP contribution in [0.5, 0.6) is 0 Å². The zero-order valence-corrected chi connectivity index (χ0v) is 18.9. The van der Waals surface area contributed by atoms with Gasteiger partial charge in [0.25, 0.3) is 0 Å². The van der Waals surface area contributed by atoms with Crippen LogP contribution in [0.1, 0.15) is 51.9 Å². The molecule has 0 spiro atoms. The third-order valence-corrected chi connectivity index (χ3v) is 6.22. The molecule has 1 aromatic heterocycles. The van der Waals surface area contributed by atoms with Gasteiger partial charge in [-0.05, 0) is 59.2 Å². The number of carbonyl (C=O) groups is 1. The van der Waals surface area contributed by atoms with E-state index in [-0.39, 0.29) is 18.0 Å². The van der Waals surface area contributed by atoms with E-state index in [0.717, 1.165) is 37.2 Å². The van der Waals surface area contributed by atoms with Crippen molar-refractivity contribution in [2.45, 2.75) is 70.9 Å². The lowest BCUT2D eigenvalue weighted by molar-refractivity contribution is -0.131. The van der Waals surface area contributed by atoms with Crippen molar-refractivity contribution in [3.05, 3.63) is 41.7 Å². The summed E-state index contributed by atoms with van der Waals surface area (Å²) in [5.41, 5.74) is 1.22. The number of nitrogens with zero attached hydrogens (tertiary/aromatic N) is 5. The summed E-state index contributed by atoms with van der Waals surface area (Å²) in [4.78, 5) is 17.2. The monoisotopic (exact) mass is 415 g/mol. The Balaban J connectivity index is 1.76. The highest BCUT2D eigenvalue weighted by Gasteiger charge is 2.23. The third kappa shape index (κ3) is 5.82. The number of amides is 1. The number of hydrogen-bond acceptors (Lipinski definition) is 5. The first-order valence-corrected chi connectivity index (χ1v) is 11.6. The lowest BCUT2D eigenvalue weighted by Gasteiger charge is -2.30. The normalized spacial score (nSPS) is 14.8. The molecule has 1 aliphatic rings. The van der Waals surface area contributed by atoms with E-state index < -0.39 is 0 Å². The van der Waals surface area contributed by atoms with Crippen LogP contribution in [-0.2, 0) is 17.9 Å². The van der Waals surface area contributed by atoms with E-state index in [1.165, 1.54) is 30.2 Å². The van der Waals surface area contributed by atoms with E-state index in [2.05, 4.69) is 71.6 Å². The minimum absolute atomic E-state index is 0.148. The van der Waals surface area contributed by atoms with Crippen LogP contribution < -0.4 is 0 Å². The molecule has 1 aromatic carbocycles. The van der Waals surface area contributed by atoms with Gasteiger partial charge >= 0.3 is 0 Å². The molecule has 1 aliphatic heterocycles. The predicted molar refractivity (Wildman–Crippen MR) is 118 cm³/mol. The molecule has 1 fully saturated rings. The van der Waals surface area contributed by atoms with Gasteiger partial charge in [0, 0.05) is 12.1 Å². The second kappa shape index (κ2) is 10.3. The Labute approximate surface area is 178 Å². The van der Waals surface area contributed by atoms with Crippen molar-refractivity contribution in [2.24, 2.45) is 0 Å². The third-order valence-electron chi connectivity index (χ3n) is 5.27. The Bertz CT molecular complexity index is 776. The van der Waals surface area contributed by atoms with E-state index in [1.54, 1.807) is 0 Å². The highest BCUT2D eigenvalue weighted by molar-refractivity contribution is 7.99. The van der Waals surface area contributed by atoms with Crippen LogP contribution in [0.25, 0.3) is 0 Å².